The Morgan fingerprint density at radius 1 is 1.24 bits per heavy atom. The predicted octanol–water partition coefficient (Wildman–Crippen LogP) is 1.40. The van der Waals surface area contributed by atoms with E-state index in [1.165, 1.54) is 12.1 Å². The first kappa shape index (κ1) is 18.4. The fourth-order valence-electron chi connectivity index (χ4n) is 2.59. The highest BCUT2D eigenvalue weighted by Gasteiger charge is 2.12. The van der Waals surface area contributed by atoms with E-state index >= 15 is 0 Å². The van der Waals surface area contributed by atoms with E-state index in [9.17, 15) is 5.11 Å². The van der Waals surface area contributed by atoms with Gasteiger partial charge >= 0.3 is 0 Å². The molecule has 1 fully saturated rings. The summed E-state index contributed by atoms with van der Waals surface area (Å²) in [7, 11) is 0. The summed E-state index contributed by atoms with van der Waals surface area (Å²) >= 11 is 0. The van der Waals surface area contributed by atoms with Gasteiger partial charge in [-0.1, -0.05) is 12.1 Å². The van der Waals surface area contributed by atoms with Crippen LogP contribution in [0.15, 0.2) is 46.5 Å². The Hall–Kier alpha value is -2.93. The third-order valence-electron chi connectivity index (χ3n) is 4.00. The maximum absolute atomic E-state index is 9.90. The van der Waals surface area contributed by atoms with Crippen LogP contribution < -0.4 is 16.8 Å². The van der Waals surface area contributed by atoms with E-state index in [2.05, 4.69) is 10.3 Å². The molecule has 0 amide bonds. The van der Waals surface area contributed by atoms with E-state index in [1.54, 1.807) is 24.4 Å². The number of hydrogen-bond acceptors (Lipinski definition) is 6. The first-order valence-electron chi connectivity index (χ1n) is 8.11. The largest absolute Gasteiger partial charge is 0.507 e. The second kappa shape index (κ2) is 8.79. The van der Waals surface area contributed by atoms with Crippen LogP contribution >= 0.6 is 0 Å². The third kappa shape index (κ3) is 5.02. The molecular weight excluding hydrogens is 316 g/mol. The minimum Gasteiger partial charge on any atom is -0.507 e. The van der Waals surface area contributed by atoms with Crippen LogP contribution in [0.3, 0.4) is 0 Å². The summed E-state index contributed by atoms with van der Waals surface area (Å²) in [6.45, 7) is 1.84. The monoisotopic (exact) mass is 340 g/mol. The quantitative estimate of drug-likeness (QED) is 0.264. The number of nitrogens with one attached hydrogen (secondary N) is 3. The molecule has 0 radical (unpaired) electrons. The molecule has 1 aromatic rings. The normalized spacial score (nSPS) is 17.4. The van der Waals surface area contributed by atoms with Crippen molar-refractivity contribution in [1.29, 1.82) is 10.8 Å². The number of piperidine rings is 1. The summed E-state index contributed by atoms with van der Waals surface area (Å²) in [5.41, 5.74) is 13.1. The Kier molecular flexibility index (Phi) is 6.47. The zero-order valence-corrected chi connectivity index (χ0v) is 14.0. The average molecular weight is 340 g/mol. The molecule has 1 aromatic carbocycles. The minimum absolute atomic E-state index is 0.0407. The van der Waals surface area contributed by atoms with Crippen molar-refractivity contribution in [3.05, 3.63) is 47.1 Å². The van der Waals surface area contributed by atoms with Gasteiger partial charge in [0.15, 0.2) is 0 Å². The second-order valence-electron chi connectivity index (χ2n) is 5.80. The fraction of sp³-hybridized carbons (Fsp3) is 0.278. The number of hydrogen-bond donors (Lipinski definition) is 6. The Balaban J connectivity index is 2.35. The number of phenolic OH excluding ortho intramolecular Hbond substituents is 1. The molecule has 1 aliphatic heterocycles. The molecule has 25 heavy (non-hydrogen) atoms. The molecule has 0 saturated carbocycles. The first-order chi connectivity index (χ1) is 12.0. The van der Waals surface area contributed by atoms with E-state index in [-0.39, 0.29) is 23.3 Å². The zero-order chi connectivity index (χ0) is 18.2. The highest BCUT2D eigenvalue weighted by Crippen LogP contribution is 2.22. The van der Waals surface area contributed by atoms with Crippen molar-refractivity contribution in [1.82, 2.24) is 5.32 Å². The third-order valence-corrected chi connectivity index (χ3v) is 4.00. The molecule has 8 N–H and O–H groups in total. The molecule has 0 aromatic heterocycles. The van der Waals surface area contributed by atoms with Gasteiger partial charge < -0.3 is 27.3 Å². The number of allylic oxidation sites excluding steroid dienone is 1. The number of nitrogens with two attached hydrogens (primary N) is 2. The zero-order valence-electron chi connectivity index (χ0n) is 14.0. The molecule has 7 nitrogen and oxygen atoms in total. The van der Waals surface area contributed by atoms with Gasteiger partial charge in [0, 0.05) is 34.8 Å². The van der Waals surface area contributed by atoms with Crippen molar-refractivity contribution < 1.29 is 5.11 Å². The van der Waals surface area contributed by atoms with Gasteiger partial charge in [0.25, 0.3) is 0 Å². The molecule has 1 aliphatic rings. The van der Waals surface area contributed by atoms with Gasteiger partial charge in [-0.25, -0.2) is 0 Å². The van der Waals surface area contributed by atoms with E-state index in [0.717, 1.165) is 32.1 Å². The van der Waals surface area contributed by atoms with Crippen LogP contribution in [0.1, 0.15) is 18.4 Å². The van der Waals surface area contributed by atoms with E-state index in [1.807, 2.05) is 0 Å². The van der Waals surface area contributed by atoms with E-state index in [4.69, 9.17) is 22.3 Å². The first-order valence-corrected chi connectivity index (χ1v) is 8.11. The van der Waals surface area contributed by atoms with Crippen molar-refractivity contribution in [2.45, 2.75) is 18.9 Å². The Morgan fingerprint density at radius 3 is 2.52 bits per heavy atom. The molecule has 0 unspecified atom stereocenters. The lowest BCUT2D eigenvalue weighted by Gasteiger charge is -2.18. The maximum Gasteiger partial charge on any atom is 0.124 e. The standard InChI is InChI=1S/C18H24N6O/c19-10-12(11-24-13-5-7-23-8-6-13)15(18(21)22)9-16(20)14-3-1-2-4-17(14)25/h1-4,9-11,13,19,23,25H,5-8,20H2,(H3,21,22)/b15-12-,16-9-,19-10?,24-11?. The average Bonchev–Trinajstić information content (AvgIpc) is 2.62. The van der Waals surface area contributed by atoms with Crippen molar-refractivity contribution >= 4 is 24.0 Å². The number of aromatic hydroxyl groups is 1. The molecular formula is C18H24N6O. The van der Waals surface area contributed by atoms with Crippen LogP contribution in [0.25, 0.3) is 5.70 Å². The van der Waals surface area contributed by atoms with E-state index < -0.39 is 0 Å². The molecule has 2 rings (SSSR count). The number of rotatable bonds is 6. The Labute approximate surface area is 147 Å². The van der Waals surface area contributed by atoms with Gasteiger partial charge in [0.05, 0.1) is 6.04 Å². The summed E-state index contributed by atoms with van der Waals surface area (Å²) in [4.78, 5) is 4.51. The van der Waals surface area contributed by atoms with Gasteiger partial charge in [0.2, 0.25) is 0 Å². The lowest BCUT2D eigenvalue weighted by atomic mass is 10.0. The van der Waals surface area contributed by atoms with Crippen molar-refractivity contribution in [3.63, 3.8) is 0 Å². The Bertz CT molecular complexity index is 729. The number of phenols is 1. The van der Waals surface area contributed by atoms with Gasteiger partial charge in [0.1, 0.15) is 11.6 Å². The number of benzene rings is 1. The van der Waals surface area contributed by atoms with Crippen LogP contribution in [0.5, 0.6) is 5.75 Å². The molecule has 0 bridgehead atoms. The summed E-state index contributed by atoms with van der Waals surface area (Å²) in [5.74, 6) is -0.174. The lowest BCUT2D eigenvalue weighted by molar-refractivity contribution is 0.461. The predicted molar refractivity (Wildman–Crippen MR) is 102 cm³/mol. The highest BCUT2D eigenvalue weighted by molar-refractivity contribution is 6.14. The molecule has 0 aliphatic carbocycles. The molecule has 0 spiro atoms. The number of aliphatic imine (C=N–C) groups is 1. The minimum atomic E-state index is -0.214. The summed E-state index contributed by atoms with van der Waals surface area (Å²) < 4.78 is 0. The Morgan fingerprint density at radius 2 is 1.92 bits per heavy atom. The van der Waals surface area contributed by atoms with Gasteiger partial charge in [-0.05, 0) is 44.1 Å². The topological polar surface area (TPSA) is 144 Å². The SMILES string of the molecule is N=C/C(C=NC1CCNCC1)=C(\C=C(/N)c1ccccc1O)C(=N)N. The highest BCUT2D eigenvalue weighted by atomic mass is 16.3. The van der Waals surface area contributed by atoms with Gasteiger partial charge in [-0.2, -0.15) is 0 Å². The molecule has 0 atom stereocenters. The molecule has 132 valence electrons. The maximum atomic E-state index is 9.90. The van der Waals surface area contributed by atoms with Crippen molar-refractivity contribution in [2.75, 3.05) is 13.1 Å². The van der Waals surface area contributed by atoms with Crippen LogP contribution in [-0.2, 0) is 0 Å². The van der Waals surface area contributed by atoms with Gasteiger partial charge in [-0.3, -0.25) is 10.4 Å². The molecule has 7 heteroatoms. The second-order valence-corrected chi connectivity index (χ2v) is 5.80. The number of amidine groups is 1. The number of para-hydroxylation sites is 1. The fourth-order valence-corrected chi connectivity index (χ4v) is 2.59. The summed E-state index contributed by atoms with van der Waals surface area (Å²) in [5, 5.41) is 28.6. The smallest absolute Gasteiger partial charge is 0.124 e. The van der Waals surface area contributed by atoms with Crippen LogP contribution in [0.4, 0.5) is 0 Å². The van der Waals surface area contributed by atoms with Crippen molar-refractivity contribution in [3.8, 4) is 5.75 Å². The molecule has 1 heterocycles. The molecule has 1 saturated heterocycles. The van der Waals surface area contributed by atoms with Crippen molar-refractivity contribution in [2.24, 2.45) is 16.5 Å². The summed E-state index contributed by atoms with van der Waals surface area (Å²) in [6.07, 6.45) is 6.05. The number of nitrogens with zero attached hydrogens (tertiary/aromatic N) is 1. The van der Waals surface area contributed by atoms with Gasteiger partial charge in [-0.15, -0.1) is 0 Å². The van der Waals surface area contributed by atoms with Crippen LogP contribution in [0, 0.1) is 10.8 Å². The van der Waals surface area contributed by atoms with E-state index in [0.29, 0.717) is 16.7 Å². The van der Waals surface area contributed by atoms with Crippen LogP contribution in [-0.4, -0.2) is 42.5 Å². The van der Waals surface area contributed by atoms with Crippen LogP contribution in [0.2, 0.25) is 0 Å². The lowest BCUT2D eigenvalue weighted by Crippen LogP contribution is -2.30. The summed E-state index contributed by atoms with van der Waals surface area (Å²) in [6, 6.07) is 6.85.